The van der Waals surface area contributed by atoms with E-state index >= 15 is 0 Å². The molecule has 1 heterocycles. The Labute approximate surface area is 133 Å². The van der Waals surface area contributed by atoms with Crippen molar-refractivity contribution in [1.82, 2.24) is 5.32 Å². The molecule has 1 aromatic carbocycles. The van der Waals surface area contributed by atoms with E-state index < -0.39 is 23.3 Å². The minimum atomic E-state index is -1.43. The Morgan fingerprint density at radius 1 is 1.26 bits per heavy atom. The van der Waals surface area contributed by atoms with Gasteiger partial charge in [0.05, 0.1) is 7.11 Å². The predicted molar refractivity (Wildman–Crippen MR) is 79.0 cm³/mol. The standard InChI is InChI=1S/C16H17NO6/c1-9(18)17-15-13(22-10(2)19)14(20)16(3,23-15)11-6-5-7-12(8-11)21-4/h5-8H,1-4H3,(H,17,18). The molecule has 0 saturated carbocycles. The van der Waals surface area contributed by atoms with Crippen molar-refractivity contribution in [2.75, 3.05) is 7.11 Å². The molecule has 0 aromatic heterocycles. The van der Waals surface area contributed by atoms with Gasteiger partial charge >= 0.3 is 5.97 Å². The molecule has 7 nitrogen and oxygen atoms in total. The third-order valence-corrected chi connectivity index (χ3v) is 3.31. The van der Waals surface area contributed by atoms with Crippen molar-refractivity contribution in [1.29, 1.82) is 0 Å². The van der Waals surface area contributed by atoms with Gasteiger partial charge in [-0.1, -0.05) is 12.1 Å². The highest BCUT2D eigenvalue weighted by atomic mass is 16.6. The van der Waals surface area contributed by atoms with Gasteiger partial charge in [0.2, 0.25) is 17.5 Å². The molecule has 2 rings (SSSR count). The van der Waals surface area contributed by atoms with Crippen molar-refractivity contribution in [3.05, 3.63) is 41.5 Å². The monoisotopic (exact) mass is 319 g/mol. The lowest BCUT2D eigenvalue weighted by Crippen LogP contribution is -2.32. The van der Waals surface area contributed by atoms with Gasteiger partial charge in [-0.05, 0) is 19.1 Å². The van der Waals surface area contributed by atoms with Gasteiger partial charge in [-0.2, -0.15) is 0 Å². The summed E-state index contributed by atoms with van der Waals surface area (Å²) in [5.74, 6) is -1.66. The fraction of sp³-hybridized carbons (Fsp3) is 0.312. The molecule has 0 bridgehead atoms. The van der Waals surface area contributed by atoms with E-state index in [2.05, 4.69) is 5.32 Å². The number of methoxy groups -OCH3 is 1. The summed E-state index contributed by atoms with van der Waals surface area (Å²) in [6.07, 6.45) is 0. The molecule has 0 fully saturated rings. The van der Waals surface area contributed by atoms with Crippen molar-refractivity contribution < 1.29 is 28.6 Å². The molecule has 122 valence electrons. The van der Waals surface area contributed by atoms with Crippen LogP contribution in [0.2, 0.25) is 0 Å². The van der Waals surface area contributed by atoms with Crippen LogP contribution in [0.1, 0.15) is 26.3 Å². The summed E-state index contributed by atoms with van der Waals surface area (Å²) in [4.78, 5) is 35.2. The van der Waals surface area contributed by atoms with Crippen LogP contribution in [0.25, 0.3) is 0 Å². The summed E-state index contributed by atoms with van der Waals surface area (Å²) in [6, 6.07) is 6.75. The number of hydrogen-bond acceptors (Lipinski definition) is 6. The van der Waals surface area contributed by atoms with Gasteiger partial charge in [0.15, 0.2) is 5.60 Å². The number of rotatable bonds is 4. The Hall–Kier alpha value is -2.83. The first-order valence-corrected chi connectivity index (χ1v) is 6.86. The topological polar surface area (TPSA) is 90.9 Å². The van der Waals surface area contributed by atoms with Gasteiger partial charge in [0.25, 0.3) is 5.78 Å². The minimum absolute atomic E-state index is 0.178. The van der Waals surface area contributed by atoms with Crippen LogP contribution in [0.15, 0.2) is 35.9 Å². The number of esters is 1. The molecule has 1 aliphatic rings. The second-order valence-electron chi connectivity index (χ2n) is 5.13. The molecule has 0 spiro atoms. The first-order valence-electron chi connectivity index (χ1n) is 6.86. The fourth-order valence-electron chi connectivity index (χ4n) is 2.21. The van der Waals surface area contributed by atoms with Crippen molar-refractivity contribution in [2.24, 2.45) is 0 Å². The molecule has 1 aliphatic heterocycles. The van der Waals surface area contributed by atoms with Crippen LogP contribution in [0.4, 0.5) is 0 Å². The fourth-order valence-corrected chi connectivity index (χ4v) is 2.21. The van der Waals surface area contributed by atoms with Gasteiger partial charge in [-0.25, -0.2) is 0 Å². The van der Waals surface area contributed by atoms with Crippen LogP contribution >= 0.6 is 0 Å². The van der Waals surface area contributed by atoms with Crippen LogP contribution in [0, 0.1) is 0 Å². The van der Waals surface area contributed by atoms with Crippen molar-refractivity contribution in [3.8, 4) is 5.75 Å². The molecule has 0 aliphatic carbocycles. The third-order valence-electron chi connectivity index (χ3n) is 3.31. The lowest BCUT2D eigenvalue weighted by molar-refractivity contribution is -0.142. The zero-order valence-electron chi connectivity index (χ0n) is 13.3. The highest BCUT2D eigenvalue weighted by molar-refractivity contribution is 6.04. The Bertz CT molecular complexity index is 708. The van der Waals surface area contributed by atoms with Crippen molar-refractivity contribution in [2.45, 2.75) is 26.4 Å². The third kappa shape index (κ3) is 3.18. The molecule has 1 N–H and O–H groups in total. The Balaban J connectivity index is 2.44. The van der Waals surface area contributed by atoms with E-state index in [4.69, 9.17) is 14.2 Å². The molecule has 1 aromatic rings. The van der Waals surface area contributed by atoms with Crippen molar-refractivity contribution in [3.63, 3.8) is 0 Å². The van der Waals surface area contributed by atoms with E-state index in [1.54, 1.807) is 24.3 Å². The summed E-state index contributed by atoms with van der Waals surface area (Å²) in [5, 5.41) is 2.37. The van der Waals surface area contributed by atoms with Crippen LogP contribution < -0.4 is 10.1 Å². The van der Waals surface area contributed by atoms with Crippen LogP contribution in [-0.2, 0) is 29.5 Å². The molecule has 0 radical (unpaired) electrons. The van der Waals surface area contributed by atoms with E-state index in [1.807, 2.05) is 0 Å². The van der Waals surface area contributed by atoms with Gasteiger partial charge in [0.1, 0.15) is 5.75 Å². The lowest BCUT2D eigenvalue weighted by Gasteiger charge is -2.23. The molecule has 23 heavy (non-hydrogen) atoms. The number of carbonyl (C=O) groups is 3. The van der Waals surface area contributed by atoms with Crippen molar-refractivity contribution >= 4 is 17.7 Å². The predicted octanol–water partition coefficient (Wildman–Crippen LogP) is 1.38. The van der Waals surface area contributed by atoms with Gasteiger partial charge in [0, 0.05) is 19.4 Å². The molecular weight excluding hydrogens is 302 g/mol. The highest BCUT2D eigenvalue weighted by Gasteiger charge is 2.49. The molecular formula is C16H17NO6. The Morgan fingerprint density at radius 2 is 1.96 bits per heavy atom. The highest BCUT2D eigenvalue weighted by Crippen LogP contribution is 2.39. The van der Waals surface area contributed by atoms with Crippen LogP contribution in [-0.4, -0.2) is 24.8 Å². The average Bonchev–Trinajstić information content (AvgIpc) is 2.72. The zero-order valence-corrected chi connectivity index (χ0v) is 13.3. The van der Waals surface area contributed by atoms with E-state index in [0.29, 0.717) is 11.3 Å². The van der Waals surface area contributed by atoms with Gasteiger partial charge in [-0.15, -0.1) is 0 Å². The lowest BCUT2D eigenvalue weighted by atomic mass is 9.91. The van der Waals surface area contributed by atoms with E-state index in [-0.39, 0.29) is 11.6 Å². The number of hydrogen-bond donors (Lipinski definition) is 1. The van der Waals surface area contributed by atoms with Gasteiger partial charge < -0.3 is 14.2 Å². The molecule has 7 heteroatoms. The van der Waals surface area contributed by atoms with E-state index in [9.17, 15) is 14.4 Å². The number of ether oxygens (including phenoxy) is 3. The number of Topliss-reactive ketones (excluding diaryl/α,β-unsaturated/α-hetero) is 1. The first kappa shape index (κ1) is 16.5. The second kappa shape index (κ2) is 6.12. The Morgan fingerprint density at radius 3 is 2.52 bits per heavy atom. The van der Waals surface area contributed by atoms with Crippen LogP contribution in [0.3, 0.4) is 0 Å². The summed E-state index contributed by atoms with van der Waals surface area (Å²) in [5.41, 5.74) is -0.927. The zero-order chi connectivity index (χ0) is 17.2. The van der Waals surface area contributed by atoms with E-state index in [1.165, 1.54) is 21.0 Å². The maximum Gasteiger partial charge on any atom is 0.308 e. The minimum Gasteiger partial charge on any atom is -0.497 e. The summed E-state index contributed by atoms with van der Waals surface area (Å²) in [7, 11) is 1.50. The molecule has 1 atom stereocenters. The molecule has 0 saturated heterocycles. The maximum absolute atomic E-state index is 12.7. The van der Waals surface area contributed by atoms with Crippen LogP contribution in [0.5, 0.6) is 5.75 Å². The maximum atomic E-state index is 12.7. The first-order chi connectivity index (χ1) is 10.8. The molecule has 1 unspecified atom stereocenters. The molecule has 1 amide bonds. The number of carbonyl (C=O) groups excluding carboxylic acids is 3. The number of benzene rings is 1. The van der Waals surface area contributed by atoms with E-state index in [0.717, 1.165) is 6.92 Å². The normalized spacial score (nSPS) is 20.1. The SMILES string of the molecule is COc1cccc(C2(C)OC(NC(C)=O)=C(OC(C)=O)C2=O)c1. The smallest absolute Gasteiger partial charge is 0.308 e. The quantitative estimate of drug-likeness (QED) is 0.843. The average molecular weight is 319 g/mol. The summed E-state index contributed by atoms with van der Waals surface area (Å²) >= 11 is 0. The summed E-state index contributed by atoms with van der Waals surface area (Å²) in [6.45, 7) is 3.95. The second-order valence-corrected chi connectivity index (χ2v) is 5.13. The number of nitrogens with one attached hydrogen (secondary N) is 1. The largest absolute Gasteiger partial charge is 0.497 e. The van der Waals surface area contributed by atoms with Gasteiger partial charge in [-0.3, -0.25) is 19.7 Å². The summed E-state index contributed by atoms with van der Waals surface area (Å²) < 4.78 is 15.7. The number of amides is 1. The number of ketones is 1. The Kier molecular flexibility index (Phi) is 4.40.